The fourth-order valence-electron chi connectivity index (χ4n) is 3.04. The molecule has 1 fully saturated rings. The number of halogens is 2. The number of nitrogens with zero attached hydrogens (tertiary/aromatic N) is 2. The molecule has 1 aliphatic heterocycles. The summed E-state index contributed by atoms with van der Waals surface area (Å²) in [7, 11) is 0. The van der Waals surface area contributed by atoms with Crippen molar-refractivity contribution in [2.24, 2.45) is 0 Å². The van der Waals surface area contributed by atoms with Crippen LogP contribution in [-0.4, -0.2) is 37.6 Å². The van der Waals surface area contributed by atoms with Crippen molar-refractivity contribution >= 4 is 5.69 Å². The summed E-state index contributed by atoms with van der Waals surface area (Å²) in [4.78, 5) is 4.76. The Morgan fingerprint density at radius 1 is 0.739 bits per heavy atom. The lowest BCUT2D eigenvalue weighted by molar-refractivity contribution is 0.255. The average Bonchev–Trinajstić information content (AvgIpc) is 2.58. The Bertz CT molecular complexity index is 600. The fourth-order valence-corrected chi connectivity index (χ4v) is 3.04. The van der Waals surface area contributed by atoms with Crippen LogP contribution in [0.3, 0.4) is 0 Å². The zero-order chi connectivity index (χ0) is 16.1. The second-order valence-corrected chi connectivity index (χ2v) is 6.04. The number of piperazine rings is 1. The number of anilines is 1. The molecule has 2 nitrogen and oxygen atoms in total. The number of benzene rings is 2. The average molecular weight is 316 g/mol. The van der Waals surface area contributed by atoms with Crippen LogP contribution in [0.2, 0.25) is 0 Å². The highest BCUT2D eigenvalue weighted by atomic mass is 19.1. The van der Waals surface area contributed by atoms with Gasteiger partial charge in [-0.1, -0.05) is 12.1 Å². The van der Waals surface area contributed by atoms with Gasteiger partial charge in [-0.15, -0.1) is 0 Å². The minimum atomic E-state index is -0.187. The molecule has 2 aromatic rings. The molecule has 0 aliphatic carbocycles. The second-order valence-electron chi connectivity index (χ2n) is 6.04. The number of hydrogen-bond donors (Lipinski definition) is 0. The number of rotatable bonds is 5. The quantitative estimate of drug-likeness (QED) is 0.829. The van der Waals surface area contributed by atoms with E-state index in [1.165, 1.54) is 29.8 Å². The van der Waals surface area contributed by atoms with E-state index in [0.29, 0.717) is 0 Å². The third kappa shape index (κ3) is 4.52. The Morgan fingerprint density at radius 3 is 1.91 bits per heavy atom. The van der Waals surface area contributed by atoms with Gasteiger partial charge in [-0.3, -0.25) is 4.90 Å². The van der Waals surface area contributed by atoms with Crippen LogP contribution in [0.15, 0.2) is 48.5 Å². The molecule has 2 aromatic carbocycles. The van der Waals surface area contributed by atoms with Crippen molar-refractivity contribution < 1.29 is 8.78 Å². The van der Waals surface area contributed by atoms with Crippen LogP contribution in [0.4, 0.5) is 14.5 Å². The van der Waals surface area contributed by atoms with Crippen molar-refractivity contribution in [3.05, 3.63) is 65.7 Å². The van der Waals surface area contributed by atoms with E-state index in [1.54, 1.807) is 0 Å². The van der Waals surface area contributed by atoms with Gasteiger partial charge in [0.15, 0.2) is 0 Å². The first-order valence-electron chi connectivity index (χ1n) is 8.18. The van der Waals surface area contributed by atoms with E-state index in [0.717, 1.165) is 51.3 Å². The van der Waals surface area contributed by atoms with Gasteiger partial charge in [0, 0.05) is 31.9 Å². The summed E-state index contributed by atoms with van der Waals surface area (Å²) >= 11 is 0. The first-order valence-corrected chi connectivity index (χ1v) is 8.18. The normalized spacial score (nSPS) is 15.8. The van der Waals surface area contributed by atoms with E-state index in [-0.39, 0.29) is 11.6 Å². The lowest BCUT2D eigenvalue weighted by Gasteiger charge is -2.36. The molecule has 0 bridgehead atoms. The molecule has 0 aromatic heterocycles. The topological polar surface area (TPSA) is 6.48 Å². The molecule has 1 heterocycles. The Kier molecular flexibility index (Phi) is 5.23. The van der Waals surface area contributed by atoms with Gasteiger partial charge in [-0.2, -0.15) is 0 Å². The van der Waals surface area contributed by atoms with E-state index in [9.17, 15) is 8.78 Å². The van der Waals surface area contributed by atoms with Gasteiger partial charge in [-0.05, 0) is 61.3 Å². The van der Waals surface area contributed by atoms with Gasteiger partial charge in [0.05, 0.1) is 0 Å². The SMILES string of the molecule is Fc1ccc(CCCN2CCN(c3ccc(F)cc3)CC2)cc1. The monoisotopic (exact) mass is 316 g/mol. The molecular formula is C19H22F2N2. The molecule has 0 atom stereocenters. The largest absolute Gasteiger partial charge is 0.369 e. The zero-order valence-corrected chi connectivity index (χ0v) is 13.2. The first-order chi connectivity index (χ1) is 11.2. The van der Waals surface area contributed by atoms with Crippen LogP contribution in [-0.2, 0) is 6.42 Å². The van der Waals surface area contributed by atoms with E-state index < -0.39 is 0 Å². The molecule has 122 valence electrons. The lowest BCUT2D eigenvalue weighted by atomic mass is 10.1. The Hall–Kier alpha value is -1.94. The lowest BCUT2D eigenvalue weighted by Crippen LogP contribution is -2.46. The van der Waals surface area contributed by atoms with Gasteiger partial charge in [0.25, 0.3) is 0 Å². The Labute approximate surface area is 136 Å². The van der Waals surface area contributed by atoms with Crippen molar-refractivity contribution in [3.63, 3.8) is 0 Å². The van der Waals surface area contributed by atoms with Crippen molar-refractivity contribution in [3.8, 4) is 0 Å². The summed E-state index contributed by atoms with van der Waals surface area (Å²) in [6.07, 6.45) is 2.07. The third-order valence-electron chi connectivity index (χ3n) is 4.42. The van der Waals surface area contributed by atoms with Crippen molar-refractivity contribution in [2.45, 2.75) is 12.8 Å². The van der Waals surface area contributed by atoms with Crippen molar-refractivity contribution in [2.75, 3.05) is 37.6 Å². The van der Waals surface area contributed by atoms with E-state index >= 15 is 0 Å². The molecule has 0 saturated carbocycles. The van der Waals surface area contributed by atoms with Crippen molar-refractivity contribution in [1.82, 2.24) is 4.90 Å². The summed E-state index contributed by atoms with van der Waals surface area (Å²) in [6.45, 7) is 5.07. The Balaban J connectivity index is 1.40. The molecule has 0 amide bonds. The standard InChI is InChI=1S/C19H22F2N2/c20-17-5-3-16(4-6-17)2-1-11-22-12-14-23(15-13-22)19-9-7-18(21)8-10-19/h3-10H,1-2,11-15H2. The number of aryl methyl sites for hydroxylation is 1. The Morgan fingerprint density at radius 2 is 1.30 bits per heavy atom. The molecule has 23 heavy (non-hydrogen) atoms. The van der Waals surface area contributed by atoms with Crippen LogP contribution in [0.5, 0.6) is 0 Å². The molecular weight excluding hydrogens is 294 g/mol. The minimum absolute atomic E-state index is 0.175. The third-order valence-corrected chi connectivity index (χ3v) is 4.42. The summed E-state index contributed by atoms with van der Waals surface area (Å²) < 4.78 is 25.8. The van der Waals surface area contributed by atoms with Gasteiger partial charge >= 0.3 is 0 Å². The highest BCUT2D eigenvalue weighted by molar-refractivity contribution is 5.46. The van der Waals surface area contributed by atoms with Gasteiger partial charge in [0.2, 0.25) is 0 Å². The smallest absolute Gasteiger partial charge is 0.123 e. The molecule has 1 aliphatic rings. The maximum absolute atomic E-state index is 13.0. The zero-order valence-electron chi connectivity index (χ0n) is 13.2. The molecule has 4 heteroatoms. The van der Waals surface area contributed by atoms with E-state index in [4.69, 9.17) is 0 Å². The van der Waals surface area contributed by atoms with Crippen LogP contribution in [0, 0.1) is 11.6 Å². The van der Waals surface area contributed by atoms with Gasteiger partial charge in [0.1, 0.15) is 11.6 Å². The summed E-state index contributed by atoms with van der Waals surface area (Å²) in [5, 5.41) is 0. The van der Waals surface area contributed by atoms with Crippen LogP contribution >= 0.6 is 0 Å². The van der Waals surface area contributed by atoms with Gasteiger partial charge < -0.3 is 4.90 Å². The van der Waals surface area contributed by atoms with Crippen LogP contribution < -0.4 is 4.90 Å². The highest BCUT2D eigenvalue weighted by Crippen LogP contribution is 2.17. The highest BCUT2D eigenvalue weighted by Gasteiger charge is 2.16. The summed E-state index contributed by atoms with van der Waals surface area (Å²) in [5.41, 5.74) is 2.29. The molecule has 0 radical (unpaired) electrons. The maximum atomic E-state index is 13.0. The predicted molar refractivity (Wildman–Crippen MR) is 89.8 cm³/mol. The van der Waals surface area contributed by atoms with Crippen LogP contribution in [0.25, 0.3) is 0 Å². The van der Waals surface area contributed by atoms with Crippen LogP contribution in [0.1, 0.15) is 12.0 Å². The molecule has 0 spiro atoms. The molecule has 0 unspecified atom stereocenters. The number of hydrogen-bond acceptors (Lipinski definition) is 2. The molecule has 0 N–H and O–H groups in total. The molecule has 3 rings (SSSR count). The summed E-state index contributed by atoms with van der Waals surface area (Å²) in [6, 6.07) is 13.5. The van der Waals surface area contributed by atoms with E-state index in [1.807, 2.05) is 24.3 Å². The van der Waals surface area contributed by atoms with E-state index in [2.05, 4.69) is 9.80 Å². The van der Waals surface area contributed by atoms with Gasteiger partial charge in [-0.25, -0.2) is 8.78 Å². The summed E-state index contributed by atoms with van der Waals surface area (Å²) in [5.74, 6) is -0.362. The second kappa shape index (κ2) is 7.55. The fraction of sp³-hybridized carbons (Fsp3) is 0.368. The predicted octanol–water partition coefficient (Wildman–Crippen LogP) is 3.72. The van der Waals surface area contributed by atoms with Crippen molar-refractivity contribution in [1.29, 1.82) is 0 Å². The minimum Gasteiger partial charge on any atom is -0.369 e. The first kappa shape index (κ1) is 15.9. The maximum Gasteiger partial charge on any atom is 0.123 e. The molecule has 1 saturated heterocycles.